The van der Waals surface area contributed by atoms with E-state index in [1.165, 1.54) is 0 Å². The number of aryl methyl sites for hydroxylation is 1. The molecule has 0 amide bonds. The summed E-state index contributed by atoms with van der Waals surface area (Å²) in [5.41, 5.74) is 1.18. The van der Waals surface area contributed by atoms with Gasteiger partial charge in [-0.25, -0.2) is 4.79 Å². The summed E-state index contributed by atoms with van der Waals surface area (Å²) in [6.07, 6.45) is 2.93. The lowest BCUT2D eigenvalue weighted by Gasteiger charge is -2.01. The number of allylic oxidation sites excluding steroid dienone is 1. The van der Waals surface area contributed by atoms with E-state index in [1.54, 1.807) is 25.1 Å². The average molecular weight is 206 g/mol. The van der Waals surface area contributed by atoms with Gasteiger partial charge in [0.2, 0.25) is 0 Å². The second-order valence-corrected chi connectivity index (χ2v) is 3.36. The number of phenolic OH excluding ortho intramolecular Hbond substituents is 1. The lowest BCUT2D eigenvalue weighted by atomic mass is 10.1. The molecule has 3 heteroatoms. The van der Waals surface area contributed by atoms with E-state index in [-0.39, 0.29) is 5.75 Å². The zero-order chi connectivity index (χ0) is 11.3. The molecule has 0 aliphatic carbocycles. The molecule has 0 saturated heterocycles. The fraction of sp³-hybridized carbons (Fsp3) is 0.250. The molecule has 15 heavy (non-hydrogen) atoms. The minimum atomic E-state index is -0.896. The Morgan fingerprint density at radius 1 is 1.40 bits per heavy atom. The molecule has 0 aromatic heterocycles. The van der Waals surface area contributed by atoms with Crippen LogP contribution in [0.5, 0.6) is 5.75 Å². The van der Waals surface area contributed by atoms with Crippen molar-refractivity contribution in [3.05, 3.63) is 41.5 Å². The lowest BCUT2D eigenvalue weighted by Crippen LogP contribution is -1.96. The summed E-state index contributed by atoms with van der Waals surface area (Å²) < 4.78 is 0. The summed E-state index contributed by atoms with van der Waals surface area (Å²) in [7, 11) is 0. The van der Waals surface area contributed by atoms with Crippen LogP contribution in [0.4, 0.5) is 0 Å². The molecule has 0 radical (unpaired) electrons. The van der Waals surface area contributed by atoms with Crippen molar-refractivity contribution in [2.45, 2.75) is 19.8 Å². The number of aliphatic carboxylic acids is 1. The molecule has 0 fully saturated rings. The van der Waals surface area contributed by atoms with Crippen LogP contribution in [-0.2, 0) is 11.2 Å². The Bertz CT molecular complexity index is 380. The van der Waals surface area contributed by atoms with Crippen LogP contribution in [0.1, 0.15) is 18.9 Å². The number of aromatic hydroxyl groups is 1. The first-order chi connectivity index (χ1) is 7.11. The number of carbonyl (C=O) groups is 1. The molecular formula is C12H14O3. The van der Waals surface area contributed by atoms with Crippen LogP contribution in [0.25, 0.3) is 0 Å². The molecule has 80 valence electrons. The van der Waals surface area contributed by atoms with Crippen LogP contribution in [0, 0.1) is 0 Å². The van der Waals surface area contributed by atoms with Crippen molar-refractivity contribution < 1.29 is 15.0 Å². The number of rotatable bonds is 4. The molecule has 1 aromatic rings. The topological polar surface area (TPSA) is 57.5 Å². The normalized spacial score (nSPS) is 11.4. The molecule has 0 spiro atoms. The Balaban J connectivity index is 2.55. The van der Waals surface area contributed by atoms with Crippen molar-refractivity contribution in [1.29, 1.82) is 0 Å². The third kappa shape index (κ3) is 3.46. The first kappa shape index (κ1) is 11.3. The van der Waals surface area contributed by atoms with Gasteiger partial charge in [0, 0.05) is 5.57 Å². The van der Waals surface area contributed by atoms with Crippen molar-refractivity contribution in [2.24, 2.45) is 0 Å². The van der Waals surface area contributed by atoms with E-state index in [0.29, 0.717) is 18.4 Å². The molecule has 0 aliphatic heterocycles. The predicted octanol–water partition coefficient (Wildman–Crippen LogP) is 2.36. The molecule has 2 N–H and O–H groups in total. The third-order valence-electron chi connectivity index (χ3n) is 2.19. The molecule has 1 aromatic carbocycles. The summed E-state index contributed by atoms with van der Waals surface area (Å²) in [5, 5.41) is 18.1. The average Bonchev–Trinajstić information content (AvgIpc) is 2.20. The van der Waals surface area contributed by atoms with Gasteiger partial charge in [-0.05, 0) is 31.4 Å². The van der Waals surface area contributed by atoms with Crippen LogP contribution in [0.3, 0.4) is 0 Å². The van der Waals surface area contributed by atoms with Crippen LogP contribution in [0.2, 0.25) is 0 Å². The summed E-state index contributed by atoms with van der Waals surface area (Å²) in [6, 6.07) is 7.07. The molecular weight excluding hydrogens is 192 g/mol. The molecule has 0 heterocycles. The van der Waals surface area contributed by atoms with Gasteiger partial charge >= 0.3 is 5.97 Å². The van der Waals surface area contributed by atoms with E-state index in [4.69, 9.17) is 5.11 Å². The Morgan fingerprint density at radius 3 is 2.67 bits per heavy atom. The number of carboxylic acids is 1. The number of carboxylic acid groups (broad SMARTS) is 1. The van der Waals surface area contributed by atoms with E-state index in [1.807, 2.05) is 12.1 Å². The highest BCUT2D eigenvalue weighted by atomic mass is 16.4. The van der Waals surface area contributed by atoms with Crippen LogP contribution in [-0.4, -0.2) is 16.2 Å². The van der Waals surface area contributed by atoms with Gasteiger partial charge in [-0.15, -0.1) is 0 Å². The lowest BCUT2D eigenvalue weighted by molar-refractivity contribution is -0.132. The molecule has 0 aliphatic rings. The highest BCUT2D eigenvalue weighted by Crippen LogP contribution is 2.17. The van der Waals surface area contributed by atoms with Gasteiger partial charge in [0.15, 0.2) is 0 Å². The number of phenols is 1. The largest absolute Gasteiger partial charge is 0.508 e. The smallest absolute Gasteiger partial charge is 0.330 e. The number of hydrogen-bond acceptors (Lipinski definition) is 2. The quantitative estimate of drug-likeness (QED) is 0.743. The van der Waals surface area contributed by atoms with Crippen LogP contribution >= 0.6 is 0 Å². The van der Waals surface area contributed by atoms with Gasteiger partial charge in [0.1, 0.15) is 5.75 Å². The molecule has 0 bridgehead atoms. The Kier molecular flexibility index (Phi) is 3.92. The summed E-state index contributed by atoms with van der Waals surface area (Å²) in [4.78, 5) is 10.5. The van der Waals surface area contributed by atoms with Gasteiger partial charge in [-0.1, -0.05) is 24.3 Å². The van der Waals surface area contributed by atoms with Crippen molar-refractivity contribution in [2.75, 3.05) is 0 Å². The molecule has 1 rings (SSSR count). The van der Waals surface area contributed by atoms with Gasteiger partial charge < -0.3 is 10.2 Å². The third-order valence-corrected chi connectivity index (χ3v) is 2.19. The minimum Gasteiger partial charge on any atom is -0.508 e. The fourth-order valence-corrected chi connectivity index (χ4v) is 1.25. The first-order valence-electron chi connectivity index (χ1n) is 4.78. The molecule has 0 atom stereocenters. The van der Waals surface area contributed by atoms with E-state index in [0.717, 1.165) is 5.56 Å². The molecule has 0 unspecified atom stereocenters. The van der Waals surface area contributed by atoms with E-state index in [9.17, 15) is 9.90 Å². The monoisotopic (exact) mass is 206 g/mol. The number of hydrogen-bond donors (Lipinski definition) is 2. The SMILES string of the molecule is C/C(=C\CCc1ccccc1O)C(=O)O. The highest BCUT2D eigenvalue weighted by Gasteiger charge is 2.00. The second kappa shape index (κ2) is 5.20. The van der Waals surface area contributed by atoms with Gasteiger partial charge in [-0.3, -0.25) is 0 Å². The van der Waals surface area contributed by atoms with Crippen LogP contribution in [0.15, 0.2) is 35.9 Å². The van der Waals surface area contributed by atoms with E-state index < -0.39 is 5.97 Å². The predicted molar refractivity (Wildman–Crippen MR) is 57.8 cm³/mol. The van der Waals surface area contributed by atoms with Crippen molar-refractivity contribution >= 4 is 5.97 Å². The maximum absolute atomic E-state index is 10.5. The Labute approximate surface area is 88.7 Å². The summed E-state index contributed by atoms with van der Waals surface area (Å²) in [5.74, 6) is -0.633. The summed E-state index contributed by atoms with van der Waals surface area (Å²) in [6.45, 7) is 1.56. The van der Waals surface area contributed by atoms with Crippen LogP contribution < -0.4 is 0 Å². The molecule has 3 nitrogen and oxygen atoms in total. The minimum absolute atomic E-state index is 0.263. The maximum atomic E-state index is 10.5. The van der Waals surface area contributed by atoms with E-state index >= 15 is 0 Å². The number of para-hydroxylation sites is 1. The zero-order valence-electron chi connectivity index (χ0n) is 8.60. The summed E-state index contributed by atoms with van der Waals surface area (Å²) >= 11 is 0. The van der Waals surface area contributed by atoms with Gasteiger partial charge in [-0.2, -0.15) is 0 Å². The number of benzene rings is 1. The Hall–Kier alpha value is -1.77. The van der Waals surface area contributed by atoms with Gasteiger partial charge in [0.25, 0.3) is 0 Å². The fourth-order valence-electron chi connectivity index (χ4n) is 1.25. The van der Waals surface area contributed by atoms with Crippen molar-refractivity contribution in [3.8, 4) is 5.75 Å². The Morgan fingerprint density at radius 2 is 2.07 bits per heavy atom. The molecule has 0 saturated carbocycles. The van der Waals surface area contributed by atoms with Gasteiger partial charge in [0.05, 0.1) is 0 Å². The standard InChI is InChI=1S/C12H14O3/c1-9(12(14)15)5-4-7-10-6-2-3-8-11(10)13/h2-3,5-6,8,13H,4,7H2,1H3,(H,14,15)/b9-5+. The van der Waals surface area contributed by atoms with E-state index in [2.05, 4.69) is 0 Å². The maximum Gasteiger partial charge on any atom is 0.330 e. The highest BCUT2D eigenvalue weighted by molar-refractivity contribution is 5.85. The zero-order valence-corrected chi connectivity index (χ0v) is 8.60. The second-order valence-electron chi connectivity index (χ2n) is 3.36. The van der Waals surface area contributed by atoms with Crippen molar-refractivity contribution in [1.82, 2.24) is 0 Å². The van der Waals surface area contributed by atoms with Crippen molar-refractivity contribution in [3.63, 3.8) is 0 Å². The first-order valence-corrected chi connectivity index (χ1v) is 4.78.